The van der Waals surface area contributed by atoms with Gasteiger partial charge in [-0.15, -0.1) is 0 Å². The van der Waals surface area contributed by atoms with Gasteiger partial charge >= 0.3 is 0 Å². The van der Waals surface area contributed by atoms with Gasteiger partial charge in [0, 0.05) is 6.04 Å². The van der Waals surface area contributed by atoms with Crippen molar-refractivity contribution in [2.24, 2.45) is 0 Å². The summed E-state index contributed by atoms with van der Waals surface area (Å²) in [5, 5.41) is 3.53. The Kier molecular flexibility index (Phi) is 4.23. The van der Waals surface area contributed by atoms with Crippen molar-refractivity contribution in [3.63, 3.8) is 0 Å². The zero-order valence-corrected chi connectivity index (χ0v) is 10.0. The molecule has 0 bridgehead atoms. The fourth-order valence-corrected chi connectivity index (χ4v) is 1.72. The molecule has 1 aromatic carbocycles. The second-order valence-corrected chi connectivity index (χ2v) is 4.47. The molecule has 1 saturated carbocycles. The minimum Gasteiger partial charge on any atom is -0.494 e. The van der Waals surface area contributed by atoms with Crippen molar-refractivity contribution < 1.29 is 4.74 Å². The molecule has 1 N–H and O–H groups in total. The molecule has 0 atom stereocenters. The fraction of sp³-hybridized carbons (Fsp3) is 0.571. The van der Waals surface area contributed by atoms with Gasteiger partial charge in [0.1, 0.15) is 5.75 Å². The highest BCUT2D eigenvalue weighted by Crippen LogP contribution is 2.19. The molecule has 1 fully saturated rings. The predicted octanol–water partition coefficient (Wildman–Crippen LogP) is 2.77. The quantitative estimate of drug-likeness (QED) is 0.761. The van der Waals surface area contributed by atoms with E-state index in [2.05, 4.69) is 30.4 Å². The second kappa shape index (κ2) is 5.90. The summed E-state index contributed by atoms with van der Waals surface area (Å²) < 4.78 is 5.62. The van der Waals surface area contributed by atoms with Crippen molar-refractivity contribution in [3.05, 3.63) is 29.8 Å². The zero-order valence-electron chi connectivity index (χ0n) is 10.0. The first-order valence-electron chi connectivity index (χ1n) is 6.33. The van der Waals surface area contributed by atoms with Gasteiger partial charge in [-0.2, -0.15) is 0 Å². The third kappa shape index (κ3) is 3.86. The number of rotatable bonds is 7. The summed E-state index contributed by atoms with van der Waals surface area (Å²) in [5.74, 6) is 1.01. The largest absolute Gasteiger partial charge is 0.494 e. The normalized spacial score (nSPS) is 15.1. The van der Waals surface area contributed by atoms with Crippen molar-refractivity contribution in [1.29, 1.82) is 0 Å². The minimum atomic E-state index is 0.805. The van der Waals surface area contributed by atoms with Gasteiger partial charge in [0.2, 0.25) is 0 Å². The van der Waals surface area contributed by atoms with E-state index in [0.717, 1.165) is 37.8 Å². The summed E-state index contributed by atoms with van der Waals surface area (Å²) in [6, 6.07) is 9.25. The van der Waals surface area contributed by atoms with Gasteiger partial charge in [0.05, 0.1) is 6.61 Å². The number of hydrogen-bond acceptors (Lipinski definition) is 2. The first-order valence-corrected chi connectivity index (χ1v) is 6.33. The summed E-state index contributed by atoms with van der Waals surface area (Å²) in [4.78, 5) is 0. The maximum atomic E-state index is 5.62. The molecule has 2 heteroatoms. The van der Waals surface area contributed by atoms with E-state index >= 15 is 0 Å². The van der Waals surface area contributed by atoms with Gasteiger partial charge in [-0.25, -0.2) is 0 Å². The van der Waals surface area contributed by atoms with Gasteiger partial charge in [0.25, 0.3) is 0 Å². The third-order valence-corrected chi connectivity index (χ3v) is 2.80. The first-order chi connectivity index (χ1) is 7.88. The van der Waals surface area contributed by atoms with E-state index in [9.17, 15) is 0 Å². The van der Waals surface area contributed by atoms with E-state index in [1.807, 2.05) is 6.07 Å². The topological polar surface area (TPSA) is 21.3 Å². The molecular weight excluding hydrogens is 198 g/mol. The van der Waals surface area contributed by atoms with E-state index in [-0.39, 0.29) is 0 Å². The molecule has 0 heterocycles. The minimum absolute atomic E-state index is 0.805. The van der Waals surface area contributed by atoms with Crippen LogP contribution < -0.4 is 10.1 Å². The average molecular weight is 219 g/mol. The van der Waals surface area contributed by atoms with Crippen LogP contribution in [0.15, 0.2) is 24.3 Å². The Bertz CT molecular complexity index is 320. The van der Waals surface area contributed by atoms with Crippen molar-refractivity contribution in [2.45, 2.75) is 38.6 Å². The van der Waals surface area contributed by atoms with Crippen LogP contribution in [-0.2, 0) is 6.42 Å². The maximum Gasteiger partial charge on any atom is 0.119 e. The molecule has 1 aliphatic carbocycles. The summed E-state index contributed by atoms with van der Waals surface area (Å²) in [5.41, 5.74) is 1.36. The lowest BCUT2D eigenvalue weighted by atomic mass is 10.1. The van der Waals surface area contributed by atoms with Gasteiger partial charge in [0.15, 0.2) is 0 Å². The number of ether oxygens (including phenoxy) is 1. The Labute approximate surface area is 98.0 Å². The highest BCUT2D eigenvalue weighted by Gasteiger charge is 2.19. The second-order valence-electron chi connectivity index (χ2n) is 4.47. The number of nitrogens with one attached hydrogen (secondary N) is 1. The predicted molar refractivity (Wildman–Crippen MR) is 67.0 cm³/mol. The molecule has 0 aliphatic heterocycles. The molecule has 0 saturated heterocycles. The Morgan fingerprint density at radius 2 is 2.25 bits per heavy atom. The molecule has 0 radical (unpaired) electrons. The highest BCUT2D eigenvalue weighted by molar-refractivity contribution is 5.28. The average Bonchev–Trinajstić information content (AvgIpc) is 3.11. The lowest BCUT2D eigenvalue weighted by Crippen LogP contribution is -2.19. The third-order valence-electron chi connectivity index (χ3n) is 2.80. The van der Waals surface area contributed by atoms with E-state index in [0.29, 0.717) is 0 Å². The fourth-order valence-electron chi connectivity index (χ4n) is 1.72. The lowest BCUT2D eigenvalue weighted by molar-refractivity contribution is 0.317. The van der Waals surface area contributed by atoms with Crippen LogP contribution in [0.1, 0.15) is 31.7 Å². The van der Waals surface area contributed by atoms with Gasteiger partial charge in [-0.3, -0.25) is 0 Å². The van der Waals surface area contributed by atoms with Gasteiger partial charge in [-0.1, -0.05) is 19.1 Å². The molecule has 2 nitrogen and oxygen atoms in total. The van der Waals surface area contributed by atoms with Gasteiger partial charge in [-0.05, 0) is 49.9 Å². The summed E-state index contributed by atoms with van der Waals surface area (Å²) in [7, 11) is 0. The summed E-state index contributed by atoms with van der Waals surface area (Å²) in [6.07, 6.45) is 4.88. The van der Waals surface area contributed by atoms with Crippen molar-refractivity contribution in [3.8, 4) is 5.75 Å². The Morgan fingerprint density at radius 3 is 3.00 bits per heavy atom. The molecule has 1 aliphatic rings. The molecule has 88 valence electrons. The first kappa shape index (κ1) is 11.5. The number of hydrogen-bond donors (Lipinski definition) is 1. The summed E-state index contributed by atoms with van der Waals surface area (Å²) in [6.45, 7) is 4.02. The maximum absolute atomic E-state index is 5.62. The van der Waals surface area contributed by atoms with Gasteiger partial charge < -0.3 is 10.1 Å². The monoisotopic (exact) mass is 219 g/mol. The highest BCUT2D eigenvalue weighted by atomic mass is 16.5. The zero-order chi connectivity index (χ0) is 11.2. The van der Waals surface area contributed by atoms with E-state index in [1.54, 1.807) is 0 Å². The standard InChI is InChI=1S/C14H21NO/c1-2-10-16-14-5-3-4-12(11-14)8-9-15-13-6-7-13/h3-5,11,13,15H,2,6-10H2,1H3. The van der Waals surface area contributed by atoms with Crippen molar-refractivity contribution in [2.75, 3.05) is 13.2 Å². The van der Waals surface area contributed by atoms with Crippen LogP contribution in [-0.4, -0.2) is 19.2 Å². The van der Waals surface area contributed by atoms with E-state index in [4.69, 9.17) is 4.74 Å². The van der Waals surface area contributed by atoms with Crippen LogP contribution >= 0.6 is 0 Å². The SMILES string of the molecule is CCCOc1cccc(CCNC2CC2)c1. The molecule has 0 spiro atoms. The molecule has 16 heavy (non-hydrogen) atoms. The lowest BCUT2D eigenvalue weighted by Gasteiger charge is -2.07. The van der Waals surface area contributed by atoms with Crippen LogP contribution in [0.4, 0.5) is 0 Å². The van der Waals surface area contributed by atoms with Crippen LogP contribution in [0.3, 0.4) is 0 Å². The Morgan fingerprint density at radius 1 is 1.38 bits per heavy atom. The van der Waals surface area contributed by atoms with Crippen LogP contribution in [0.25, 0.3) is 0 Å². The molecule has 0 aromatic heterocycles. The molecule has 2 rings (SSSR count). The van der Waals surface area contributed by atoms with Crippen molar-refractivity contribution in [1.82, 2.24) is 5.32 Å². The number of benzene rings is 1. The van der Waals surface area contributed by atoms with Crippen LogP contribution in [0.2, 0.25) is 0 Å². The smallest absolute Gasteiger partial charge is 0.119 e. The summed E-state index contributed by atoms with van der Waals surface area (Å²) >= 11 is 0. The van der Waals surface area contributed by atoms with E-state index < -0.39 is 0 Å². The molecule has 0 unspecified atom stereocenters. The van der Waals surface area contributed by atoms with Crippen molar-refractivity contribution >= 4 is 0 Å². The molecule has 0 amide bonds. The molecular formula is C14H21NO. The van der Waals surface area contributed by atoms with E-state index in [1.165, 1.54) is 18.4 Å². The Hall–Kier alpha value is -1.02. The Balaban J connectivity index is 1.77. The van der Waals surface area contributed by atoms with Crippen LogP contribution in [0.5, 0.6) is 5.75 Å². The molecule has 1 aromatic rings. The van der Waals surface area contributed by atoms with Crippen LogP contribution in [0, 0.1) is 0 Å².